The Bertz CT molecular complexity index is 424. The number of hydrogen-bond donors (Lipinski definition) is 1. The molecular weight excluding hydrogens is 246 g/mol. The van der Waals surface area contributed by atoms with Crippen molar-refractivity contribution in [1.29, 1.82) is 0 Å². The zero-order valence-corrected chi connectivity index (χ0v) is 12.6. The summed E-state index contributed by atoms with van der Waals surface area (Å²) in [6, 6.07) is 9.63. The minimum Gasteiger partial charge on any atom is -0.329 e. The van der Waals surface area contributed by atoms with Gasteiger partial charge in [0.2, 0.25) is 0 Å². The number of hydrogen-bond acceptors (Lipinski definition) is 3. The highest BCUT2D eigenvalue weighted by molar-refractivity contribution is 5.30. The largest absolute Gasteiger partial charge is 0.329 e. The first-order valence-electron chi connectivity index (χ1n) is 8.00. The third-order valence-electron chi connectivity index (χ3n) is 4.79. The van der Waals surface area contributed by atoms with E-state index in [1.54, 1.807) is 0 Å². The van der Waals surface area contributed by atoms with Crippen molar-refractivity contribution in [3.05, 3.63) is 35.4 Å². The number of likely N-dealkylation sites (N-methyl/N-ethyl adjacent to an activating group) is 1. The van der Waals surface area contributed by atoms with E-state index in [1.807, 2.05) is 0 Å². The van der Waals surface area contributed by atoms with Gasteiger partial charge in [-0.15, -0.1) is 0 Å². The molecule has 0 amide bonds. The second kappa shape index (κ2) is 6.25. The molecule has 1 saturated carbocycles. The zero-order chi connectivity index (χ0) is 13.9. The van der Waals surface area contributed by atoms with Crippen molar-refractivity contribution in [3.8, 4) is 0 Å². The molecule has 110 valence electrons. The lowest BCUT2D eigenvalue weighted by Crippen LogP contribution is -2.36. The number of nitrogens with zero attached hydrogens (tertiary/aromatic N) is 2. The van der Waals surface area contributed by atoms with Gasteiger partial charge in [0.15, 0.2) is 0 Å². The second-order valence-corrected chi connectivity index (χ2v) is 6.39. The van der Waals surface area contributed by atoms with Crippen molar-refractivity contribution in [3.63, 3.8) is 0 Å². The normalized spacial score (nSPS) is 23.5. The van der Waals surface area contributed by atoms with Gasteiger partial charge in [0, 0.05) is 32.2 Å². The lowest BCUT2D eigenvalue weighted by molar-refractivity contribution is 0.208. The minimum atomic E-state index is 0.384. The molecule has 1 aromatic rings. The van der Waals surface area contributed by atoms with E-state index in [0.717, 1.165) is 25.6 Å². The molecular formula is C17H27N3. The maximum Gasteiger partial charge on any atom is 0.0471 e. The molecule has 1 aliphatic heterocycles. The molecule has 1 aliphatic carbocycles. The Labute approximate surface area is 122 Å². The van der Waals surface area contributed by atoms with Gasteiger partial charge in [-0.2, -0.15) is 0 Å². The molecule has 3 heteroatoms. The average Bonchev–Trinajstić information content (AvgIpc) is 3.30. The Morgan fingerprint density at radius 2 is 1.85 bits per heavy atom. The summed E-state index contributed by atoms with van der Waals surface area (Å²) in [5, 5.41) is 0. The summed E-state index contributed by atoms with van der Waals surface area (Å²) >= 11 is 0. The molecule has 0 radical (unpaired) electrons. The van der Waals surface area contributed by atoms with Crippen LogP contribution in [0, 0.1) is 0 Å². The standard InChI is InChI=1S/C17H27N3/c1-19-9-2-10-20(12-11-19)17(13-18)16-7-5-15(6-8-16)14-3-4-14/h5-8,14,17H,2-4,9-13,18H2,1H3. The molecule has 0 bridgehead atoms. The molecule has 3 nitrogen and oxygen atoms in total. The van der Waals surface area contributed by atoms with Crippen LogP contribution in [0.25, 0.3) is 0 Å². The van der Waals surface area contributed by atoms with Crippen molar-refractivity contribution in [2.24, 2.45) is 5.73 Å². The highest BCUT2D eigenvalue weighted by atomic mass is 15.2. The maximum absolute atomic E-state index is 6.08. The molecule has 1 saturated heterocycles. The molecule has 1 atom stereocenters. The third-order valence-corrected chi connectivity index (χ3v) is 4.79. The first-order chi connectivity index (χ1) is 9.78. The summed E-state index contributed by atoms with van der Waals surface area (Å²) in [4.78, 5) is 4.99. The van der Waals surface area contributed by atoms with Gasteiger partial charge < -0.3 is 10.6 Å². The highest BCUT2D eigenvalue weighted by Gasteiger charge is 2.25. The fourth-order valence-corrected chi connectivity index (χ4v) is 3.28. The van der Waals surface area contributed by atoms with Crippen LogP contribution in [0.5, 0.6) is 0 Å². The van der Waals surface area contributed by atoms with Crippen LogP contribution in [0.3, 0.4) is 0 Å². The molecule has 1 unspecified atom stereocenters. The number of benzene rings is 1. The quantitative estimate of drug-likeness (QED) is 0.913. The number of nitrogens with two attached hydrogens (primary N) is 1. The molecule has 20 heavy (non-hydrogen) atoms. The third kappa shape index (κ3) is 3.22. The van der Waals surface area contributed by atoms with Crippen molar-refractivity contribution in [1.82, 2.24) is 9.80 Å². The van der Waals surface area contributed by atoms with Gasteiger partial charge in [0.1, 0.15) is 0 Å². The van der Waals surface area contributed by atoms with Gasteiger partial charge >= 0.3 is 0 Å². The van der Waals surface area contributed by atoms with Gasteiger partial charge in [0.25, 0.3) is 0 Å². The molecule has 0 spiro atoms. The van der Waals surface area contributed by atoms with E-state index in [2.05, 4.69) is 41.1 Å². The van der Waals surface area contributed by atoms with E-state index < -0.39 is 0 Å². The molecule has 3 rings (SSSR count). The molecule has 2 fully saturated rings. The fraction of sp³-hybridized carbons (Fsp3) is 0.647. The molecule has 1 heterocycles. The van der Waals surface area contributed by atoms with Crippen molar-refractivity contribution < 1.29 is 0 Å². The van der Waals surface area contributed by atoms with Crippen LogP contribution in [0.1, 0.15) is 42.3 Å². The minimum absolute atomic E-state index is 0.384. The summed E-state index contributed by atoms with van der Waals surface area (Å²) in [7, 11) is 2.21. The van der Waals surface area contributed by atoms with E-state index in [1.165, 1.54) is 36.9 Å². The lowest BCUT2D eigenvalue weighted by atomic mass is 10.0. The first-order valence-corrected chi connectivity index (χ1v) is 8.00. The summed E-state index contributed by atoms with van der Waals surface area (Å²) in [6.45, 7) is 5.36. The van der Waals surface area contributed by atoms with Crippen molar-refractivity contribution in [2.45, 2.75) is 31.2 Å². The van der Waals surface area contributed by atoms with Crippen LogP contribution in [0.4, 0.5) is 0 Å². The summed E-state index contributed by atoms with van der Waals surface area (Å²) < 4.78 is 0. The highest BCUT2D eigenvalue weighted by Crippen LogP contribution is 2.40. The van der Waals surface area contributed by atoms with Crippen LogP contribution in [0.15, 0.2) is 24.3 Å². The Morgan fingerprint density at radius 1 is 1.10 bits per heavy atom. The van der Waals surface area contributed by atoms with Crippen molar-refractivity contribution in [2.75, 3.05) is 39.8 Å². The van der Waals surface area contributed by atoms with Crippen LogP contribution < -0.4 is 5.73 Å². The Hall–Kier alpha value is -0.900. The Balaban J connectivity index is 1.70. The smallest absolute Gasteiger partial charge is 0.0471 e. The van der Waals surface area contributed by atoms with Crippen LogP contribution >= 0.6 is 0 Å². The average molecular weight is 273 g/mol. The summed E-state index contributed by atoms with van der Waals surface area (Å²) in [5.74, 6) is 0.840. The Morgan fingerprint density at radius 3 is 2.50 bits per heavy atom. The predicted octanol–water partition coefficient (Wildman–Crippen LogP) is 2.20. The van der Waals surface area contributed by atoms with Crippen molar-refractivity contribution >= 4 is 0 Å². The van der Waals surface area contributed by atoms with Gasteiger partial charge in [-0.25, -0.2) is 0 Å². The molecule has 1 aromatic carbocycles. The van der Waals surface area contributed by atoms with E-state index >= 15 is 0 Å². The molecule has 2 aliphatic rings. The van der Waals surface area contributed by atoms with Crippen LogP contribution in [-0.2, 0) is 0 Å². The van der Waals surface area contributed by atoms with Gasteiger partial charge in [-0.1, -0.05) is 24.3 Å². The molecule has 0 aromatic heterocycles. The second-order valence-electron chi connectivity index (χ2n) is 6.39. The molecule has 2 N–H and O–H groups in total. The van der Waals surface area contributed by atoms with Crippen LogP contribution in [-0.4, -0.2) is 49.6 Å². The SMILES string of the molecule is CN1CCCN(C(CN)c2ccc(C3CC3)cc2)CC1. The van der Waals surface area contributed by atoms with Crippen LogP contribution in [0.2, 0.25) is 0 Å². The summed E-state index contributed by atoms with van der Waals surface area (Å²) in [5.41, 5.74) is 8.98. The predicted molar refractivity (Wildman–Crippen MR) is 83.9 cm³/mol. The van der Waals surface area contributed by atoms with Gasteiger partial charge in [0.05, 0.1) is 0 Å². The van der Waals surface area contributed by atoms with E-state index in [9.17, 15) is 0 Å². The Kier molecular flexibility index (Phi) is 4.39. The number of rotatable bonds is 4. The van der Waals surface area contributed by atoms with E-state index in [0.29, 0.717) is 12.6 Å². The monoisotopic (exact) mass is 273 g/mol. The van der Waals surface area contributed by atoms with Gasteiger partial charge in [-0.3, -0.25) is 4.90 Å². The lowest BCUT2D eigenvalue weighted by Gasteiger charge is -2.30. The van der Waals surface area contributed by atoms with E-state index in [-0.39, 0.29) is 0 Å². The van der Waals surface area contributed by atoms with E-state index in [4.69, 9.17) is 5.73 Å². The fourth-order valence-electron chi connectivity index (χ4n) is 3.28. The van der Waals surface area contributed by atoms with Gasteiger partial charge in [-0.05, 0) is 49.9 Å². The first kappa shape index (κ1) is 14.1. The topological polar surface area (TPSA) is 32.5 Å². The maximum atomic E-state index is 6.08. The zero-order valence-electron chi connectivity index (χ0n) is 12.6. The summed E-state index contributed by atoms with van der Waals surface area (Å²) in [6.07, 6.45) is 3.99.